The first-order valence-corrected chi connectivity index (χ1v) is 5.57. The molecule has 18 heavy (non-hydrogen) atoms. The molecule has 0 saturated heterocycles. The van der Waals surface area contributed by atoms with Gasteiger partial charge in [-0.15, -0.1) is 0 Å². The second kappa shape index (κ2) is 5.42. The van der Waals surface area contributed by atoms with Gasteiger partial charge < -0.3 is 0 Å². The Morgan fingerprint density at radius 3 is 2.39 bits per heavy atom. The van der Waals surface area contributed by atoms with Crippen LogP contribution in [0.2, 0.25) is 5.02 Å². The molecule has 0 atom stereocenters. The van der Waals surface area contributed by atoms with Crippen molar-refractivity contribution < 1.29 is 4.92 Å². The summed E-state index contributed by atoms with van der Waals surface area (Å²) in [5.74, 6) is 0. The monoisotopic (exact) mass is 260 g/mol. The van der Waals surface area contributed by atoms with Gasteiger partial charge in [0.25, 0.3) is 5.69 Å². The molecule has 0 saturated carbocycles. The van der Waals surface area contributed by atoms with Crippen LogP contribution in [0.5, 0.6) is 0 Å². The maximum absolute atomic E-state index is 10.5. The highest BCUT2D eigenvalue weighted by Crippen LogP contribution is 2.19. The van der Waals surface area contributed by atoms with Gasteiger partial charge in [0.05, 0.1) is 10.6 Å². The lowest BCUT2D eigenvalue weighted by Crippen LogP contribution is -1.86. The normalized spacial score (nSPS) is 10.7. The number of non-ortho nitro benzene ring substituents is 1. The van der Waals surface area contributed by atoms with Crippen molar-refractivity contribution in [2.45, 2.75) is 0 Å². The van der Waals surface area contributed by atoms with E-state index in [1.54, 1.807) is 24.4 Å². The van der Waals surface area contributed by atoms with Crippen LogP contribution in [0.25, 0.3) is 0 Å². The minimum Gasteiger partial charge on any atom is -0.258 e. The number of hydrogen-bond acceptors (Lipinski definition) is 3. The van der Waals surface area contributed by atoms with Crippen molar-refractivity contribution in [2.75, 3.05) is 0 Å². The van der Waals surface area contributed by atoms with Crippen LogP contribution in [0.4, 0.5) is 11.4 Å². The molecule has 2 aromatic rings. The standard InChI is InChI=1S/C13H9ClN2O2/c14-13-4-2-1-3-10(13)9-15-11-5-7-12(8-6-11)16(17)18/h1-9H. The van der Waals surface area contributed by atoms with Crippen LogP contribution in [0.15, 0.2) is 53.5 Å². The van der Waals surface area contributed by atoms with Crippen LogP contribution in [-0.4, -0.2) is 11.1 Å². The van der Waals surface area contributed by atoms with E-state index < -0.39 is 4.92 Å². The number of nitrogens with zero attached hydrogens (tertiary/aromatic N) is 2. The number of hydrogen-bond donors (Lipinski definition) is 0. The van der Waals surface area contributed by atoms with Crippen molar-refractivity contribution in [1.82, 2.24) is 0 Å². The summed E-state index contributed by atoms with van der Waals surface area (Å²) >= 11 is 5.98. The highest BCUT2D eigenvalue weighted by atomic mass is 35.5. The van der Waals surface area contributed by atoms with Gasteiger partial charge in [-0.05, 0) is 18.2 Å². The fraction of sp³-hybridized carbons (Fsp3) is 0. The molecule has 0 aromatic heterocycles. The summed E-state index contributed by atoms with van der Waals surface area (Å²) in [5.41, 5.74) is 1.49. The third-order valence-corrected chi connectivity index (χ3v) is 2.66. The zero-order valence-electron chi connectivity index (χ0n) is 9.29. The van der Waals surface area contributed by atoms with E-state index in [2.05, 4.69) is 4.99 Å². The molecule has 5 heteroatoms. The maximum atomic E-state index is 10.5. The molecule has 0 aliphatic rings. The van der Waals surface area contributed by atoms with Crippen LogP contribution in [0, 0.1) is 10.1 Å². The third-order valence-electron chi connectivity index (χ3n) is 2.32. The number of nitro groups is 1. The van der Waals surface area contributed by atoms with E-state index >= 15 is 0 Å². The van der Waals surface area contributed by atoms with E-state index in [1.807, 2.05) is 18.2 Å². The average molecular weight is 261 g/mol. The smallest absolute Gasteiger partial charge is 0.258 e. The molecule has 0 aliphatic heterocycles. The van der Waals surface area contributed by atoms with Crippen molar-refractivity contribution in [3.8, 4) is 0 Å². The molecule has 4 nitrogen and oxygen atoms in total. The van der Waals surface area contributed by atoms with Crippen molar-refractivity contribution >= 4 is 29.2 Å². The van der Waals surface area contributed by atoms with Gasteiger partial charge in [0.2, 0.25) is 0 Å². The Labute approximate surface area is 109 Å². The van der Waals surface area contributed by atoms with Gasteiger partial charge in [-0.25, -0.2) is 0 Å². The van der Waals surface area contributed by atoms with E-state index in [9.17, 15) is 10.1 Å². The molecule has 0 aliphatic carbocycles. The number of aliphatic imine (C=N–C) groups is 1. The van der Waals surface area contributed by atoms with Crippen molar-refractivity contribution in [3.63, 3.8) is 0 Å². The average Bonchev–Trinajstić information content (AvgIpc) is 2.38. The Bertz CT molecular complexity index is 594. The molecular weight excluding hydrogens is 252 g/mol. The Morgan fingerprint density at radius 1 is 1.11 bits per heavy atom. The molecule has 0 heterocycles. The highest BCUT2D eigenvalue weighted by molar-refractivity contribution is 6.33. The van der Waals surface area contributed by atoms with Crippen LogP contribution in [-0.2, 0) is 0 Å². The molecule has 0 radical (unpaired) electrons. The molecule has 2 rings (SSSR count). The topological polar surface area (TPSA) is 55.5 Å². The Balaban J connectivity index is 2.19. The van der Waals surface area contributed by atoms with Gasteiger partial charge in [-0.2, -0.15) is 0 Å². The predicted molar refractivity (Wildman–Crippen MR) is 71.8 cm³/mol. The first-order chi connectivity index (χ1) is 8.66. The summed E-state index contributed by atoms with van der Waals surface area (Å²) in [7, 11) is 0. The molecule has 0 unspecified atom stereocenters. The molecule has 2 aromatic carbocycles. The van der Waals surface area contributed by atoms with Crippen molar-refractivity contribution in [3.05, 3.63) is 69.2 Å². The summed E-state index contributed by atoms with van der Waals surface area (Å²) in [5, 5.41) is 11.1. The van der Waals surface area contributed by atoms with Gasteiger partial charge >= 0.3 is 0 Å². The predicted octanol–water partition coefficient (Wildman–Crippen LogP) is 4.00. The lowest BCUT2D eigenvalue weighted by atomic mass is 10.2. The summed E-state index contributed by atoms with van der Waals surface area (Å²) in [6, 6.07) is 13.3. The zero-order valence-corrected chi connectivity index (χ0v) is 10.0. The van der Waals surface area contributed by atoms with Crippen molar-refractivity contribution in [1.29, 1.82) is 0 Å². The molecule has 90 valence electrons. The van der Waals surface area contributed by atoms with E-state index in [-0.39, 0.29) is 5.69 Å². The summed E-state index contributed by atoms with van der Waals surface area (Å²) < 4.78 is 0. The van der Waals surface area contributed by atoms with Gasteiger partial charge in [-0.3, -0.25) is 15.1 Å². The fourth-order valence-electron chi connectivity index (χ4n) is 1.38. The van der Waals surface area contributed by atoms with Gasteiger partial charge in [0.15, 0.2) is 0 Å². The number of benzene rings is 2. The lowest BCUT2D eigenvalue weighted by molar-refractivity contribution is -0.384. The van der Waals surface area contributed by atoms with E-state index in [1.165, 1.54) is 12.1 Å². The van der Waals surface area contributed by atoms with E-state index in [4.69, 9.17) is 11.6 Å². The number of halogens is 1. The first kappa shape index (κ1) is 12.3. The van der Waals surface area contributed by atoms with Crippen LogP contribution in [0.3, 0.4) is 0 Å². The quantitative estimate of drug-likeness (QED) is 0.476. The Hall–Kier alpha value is -2.20. The molecule has 0 spiro atoms. The molecule has 0 bridgehead atoms. The largest absolute Gasteiger partial charge is 0.269 e. The molecule has 0 N–H and O–H groups in total. The van der Waals surface area contributed by atoms with Crippen LogP contribution < -0.4 is 0 Å². The van der Waals surface area contributed by atoms with Crippen molar-refractivity contribution in [2.24, 2.45) is 4.99 Å². The van der Waals surface area contributed by atoms with Gasteiger partial charge in [0, 0.05) is 28.9 Å². The minimum atomic E-state index is -0.443. The van der Waals surface area contributed by atoms with E-state index in [0.29, 0.717) is 10.7 Å². The lowest BCUT2D eigenvalue weighted by Gasteiger charge is -1.96. The molecule has 0 amide bonds. The molecular formula is C13H9ClN2O2. The maximum Gasteiger partial charge on any atom is 0.269 e. The SMILES string of the molecule is O=[N+]([O-])c1ccc(N=Cc2ccccc2Cl)cc1. The summed E-state index contributed by atoms with van der Waals surface area (Å²) in [4.78, 5) is 14.2. The number of nitro benzene ring substituents is 1. The number of rotatable bonds is 3. The van der Waals surface area contributed by atoms with E-state index in [0.717, 1.165) is 5.56 Å². The van der Waals surface area contributed by atoms with Gasteiger partial charge in [-0.1, -0.05) is 29.8 Å². The van der Waals surface area contributed by atoms with Crippen LogP contribution >= 0.6 is 11.6 Å². The van der Waals surface area contributed by atoms with Crippen LogP contribution in [0.1, 0.15) is 5.56 Å². The third kappa shape index (κ3) is 2.93. The second-order valence-corrected chi connectivity index (χ2v) is 3.96. The zero-order chi connectivity index (χ0) is 13.0. The van der Waals surface area contributed by atoms with Gasteiger partial charge in [0.1, 0.15) is 0 Å². The summed E-state index contributed by atoms with van der Waals surface area (Å²) in [6.07, 6.45) is 1.63. The fourth-order valence-corrected chi connectivity index (χ4v) is 1.57. The first-order valence-electron chi connectivity index (χ1n) is 5.20. The summed E-state index contributed by atoms with van der Waals surface area (Å²) in [6.45, 7) is 0. The Morgan fingerprint density at radius 2 is 1.78 bits per heavy atom. The second-order valence-electron chi connectivity index (χ2n) is 3.55. The Kier molecular flexibility index (Phi) is 3.69. The highest BCUT2D eigenvalue weighted by Gasteiger charge is 2.02. The molecule has 0 fully saturated rings. The minimum absolute atomic E-state index is 0.0479.